The third-order valence-corrected chi connectivity index (χ3v) is 6.35. The lowest BCUT2D eigenvalue weighted by molar-refractivity contribution is -0.133. The molecule has 0 fully saturated rings. The molecule has 6 nitrogen and oxygen atoms in total. The van der Waals surface area contributed by atoms with Crippen molar-refractivity contribution < 1.29 is 18.4 Å². The number of hydrogen-bond donors (Lipinski definition) is 1. The molecule has 1 N–H and O–H groups in total. The van der Waals surface area contributed by atoms with E-state index in [9.17, 15) is 14.0 Å². The van der Waals surface area contributed by atoms with Crippen LogP contribution in [0.1, 0.15) is 28.5 Å². The van der Waals surface area contributed by atoms with E-state index in [4.69, 9.17) is 4.42 Å². The second-order valence-electron chi connectivity index (χ2n) is 8.59. The van der Waals surface area contributed by atoms with E-state index >= 15 is 0 Å². The Morgan fingerprint density at radius 3 is 2.47 bits per heavy atom. The second-order valence-corrected chi connectivity index (χ2v) is 8.59. The fourth-order valence-corrected chi connectivity index (χ4v) is 4.43. The maximum atomic E-state index is 14.5. The molecular weight excluding hydrogens is 433 g/mol. The van der Waals surface area contributed by atoms with E-state index in [2.05, 4.69) is 5.32 Å². The summed E-state index contributed by atoms with van der Waals surface area (Å²) in [7, 11) is 0. The highest BCUT2D eigenvalue weighted by atomic mass is 19.1. The molecule has 4 aromatic rings. The zero-order chi connectivity index (χ0) is 23.7. The molecule has 0 saturated heterocycles. The molecule has 0 radical (unpaired) electrons. The first kappa shape index (κ1) is 21.7. The summed E-state index contributed by atoms with van der Waals surface area (Å²) >= 11 is 0. The lowest BCUT2D eigenvalue weighted by Crippen LogP contribution is -2.63. The number of rotatable bonds is 6. The van der Waals surface area contributed by atoms with Crippen LogP contribution in [0, 0.1) is 5.82 Å². The molecule has 1 aliphatic heterocycles. The Bertz CT molecular complexity index is 1330. The van der Waals surface area contributed by atoms with Gasteiger partial charge in [-0.05, 0) is 42.8 Å². The summed E-state index contributed by atoms with van der Waals surface area (Å²) in [6.07, 6.45) is 1.57. The predicted molar refractivity (Wildman–Crippen MR) is 125 cm³/mol. The lowest BCUT2D eigenvalue weighted by Gasteiger charge is -2.44. The van der Waals surface area contributed by atoms with Gasteiger partial charge in [-0.3, -0.25) is 9.59 Å². The molecule has 2 aromatic heterocycles. The number of halogens is 1. The molecule has 0 saturated carbocycles. The molecule has 1 atom stereocenters. The highest BCUT2D eigenvalue weighted by Gasteiger charge is 2.48. The highest BCUT2D eigenvalue weighted by Crippen LogP contribution is 2.34. The number of hydrogen-bond acceptors (Lipinski definition) is 3. The van der Waals surface area contributed by atoms with Gasteiger partial charge in [-0.2, -0.15) is 0 Å². The fourth-order valence-electron chi connectivity index (χ4n) is 4.43. The topological polar surface area (TPSA) is 67.5 Å². The van der Waals surface area contributed by atoms with Crippen molar-refractivity contribution in [3.05, 3.63) is 108 Å². The average molecular weight is 458 g/mol. The van der Waals surface area contributed by atoms with Crippen molar-refractivity contribution in [3.63, 3.8) is 0 Å². The summed E-state index contributed by atoms with van der Waals surface area (Å²) in [4.78, 5) is 28.8. The first-order valence-electron chi connectivity index (χ1n) is 11.1. The third-order valence-electron chi connectivity index (χ3n) is 6.35. The number of carbonyl (C=O) groups excluding carboxylic acids is 2. The van der Waals surface area contributed by atoms with Crippen LogP contribution in [0.25, 0.3) is 11.5 Å². The average Bonchev–Trinajstić information content (AvgIpc) is 3.52. The Balaban J connectivity index is 1.53. The van der Waals surface area contributed by atoms with Gasteiger partial charge in [-0.1, -0.05) is 48.5 Å². The van der Waals surface area contributed by atoms with Crippen molar-refractivity contribution in [2.75, 3.05) is 0 Å². The lowest BCUT2D eigenvalue weighted by atomic mass is 9.93. The fraction of sp³-hybridized carbons (Fsp3) is 0.185. The Labute approximate surface area is 196 Å². The molecule has 34 heavy (non-hydrogen) atoms. The molecule has 2 amide bonds. The second kappa shape index (κ2) is 8.67. The molecule has 0 unspecified atom stereocenters. The van der Waals surface area contributed by atoms with Crippen molar-refractivity contribution >= 4 is 11.8 Å². The molecule has 0 aliphatic carbocycles. The van der Waals surface area contributed by atoms with Crippen molar-refractivity contribution in [2.24, 2.45) is 0 Å². The van der Waals surface area contributed by atoms with Crippen LogP contribution in [0.5, 0.6) is 0 Å². The molecule has 7 heteroatoms. The maximum Gasteiger partial charge on any atom is 0.271 e. The van der Waals surface area contributed by atoms with Crippen molar-refractivity contribution in [1.29, 1.82) is 0 Å². The van der Waals surface area contributed by atoms with Crippen molar-refractivity contribution in [3.8, 4) is 11.5 Å². The smallest absolute Gasteiger partial charge is 0.271 e. The van der Waals surface area contributed by atoms with Crippen LogP contribution in [-0.2, 0) is 24.4 Å². The van der Waals surface area contributed by atoms with Gasteiger partial charge in [0, 0.05) is 12.1 Å². The molecule has 172 valence electrons. The SMILES string of the molecule is C[C@]1(C(=O)NCc2ccccc2)Cn2c(ccc2-c2ccco2)C(=O)N1Cc1ccccc1F. The van der Waals surface area contributed by atoms with Gasteiger partial charge < -0.3 is 19.2 Å². The number of furan rings is 1. The molecule has 2 aromatic carbocycles. The van der Waals surface area contributed by atoms with Crippen LogP contribution in [0.3, 0.4) is 0 Å². The minimum Gasteiger partial charge on any atom is -0.463 e. The van der Waals surface area contributed by atoms with Crippen LogP contribution in [-0.4, -0.2) is 26.8 Å². The van der Waals surface area contributed by atoms with Gasteiger partial charge in [0.2, 0.25) is 5.91 Å². The Hall–Kier alpha value is -4.13. The maximum absolute atomic E-state index is 14.5. The van der Waals surface area contributed by atoms with E-state index in [0.29, 0.717) is 29.3 Å². The van der Waals surface area contributed by atoms with Gasteiger partial charge in [-0.25, -0.2) is 4.39 Å². The monoisotopic (exact) mass is 457 g/mol. The van der Waals surface area contributed by atoms with Gasteiger partial charge in [-0.15, -0.1) is 0 Å². The minimum atomic E-state index is -1.26. The van der Waals surface area contributed by atoms with E-state index in [1.54, 1.807) is 54.2 Å². The highest BCUT2D eigenvalue weighted by molar-refractivity contribution is 6.00. The normalized spacial score (nSPS) is 17.5. The van der Waals surface area contributed by atoms with Crippen LogP contribution in [0.4, 0.5) is 4.39 Å². The van der Waals surface area contributed by atoms with E-state index < -0.39 is 11.4 Å². The summed E-state index contributed by atoms with van der Waals surface area (Å²) < 4.78 is 21.9. The van der Waals surface area contributed by atoms with Gasteiger partial charge in [0.05, 0.1) is 25.0 Å². The minimum absolute atomic E-state index is 0.0258. The van der Waals surface area contributed by atoms with Crippen LogP contribution >= 0.6 is 0 Å². The summed E-state index contributed by atoms with van der Waals surface area (Å²) in [5.41, 5.74) is 1.17. The molecule has 3 heterocycles. The first-order chi connectivity index (χ1) is 16.5. The number of carbonyl (C=O) groups is 2. The van der Waals surface area contributed by atoms with Crippen LogP contribution in [0.2, 0.25) is 0 Å². The van der Waals surface area contributed by atoms with Gasteiger partial charge in [0.15, 0.2) is 0 Å². The van der Waals surface area contributed by atoms with E-state index in [1.165, 1.54) is 11.0 Å². The largest absolute Gasteiger partial charge is 0.463 e. The zero-order valence-electron chi connectivity index (χ0n) is 18.7. The standard InChI is InChI=1S/C27H24FN3O3/c1-27(26(33)29-16-19-8-3-2-4-9-19)18-30-22(24-12-7-15-34-24)13-14-23(30)25(32)31(27)17-20-10-5-6-11-21(20)28/h2-15H,16-18H2,1H3,(H,29,33)/t27-/m1/s1. The zero-order valence-corrected chi connectivity index (χ0v) is 18.7. The molecule has 5 rings (SSSR count). The van der Waals surface area contributed by atoms with E-state index in [0.717, 1.165) is 5.56 Å². The first-order valence-corrected chi connectivity index (χ1v) is 11.1. The van der Waals surface area contributed by atoms with Gasteiger partial charge in [0.1, 0.15) is 22.8 Å². The van der Waals surface area contributed by atoms with Crippen molar-refractivity contribution in [2.45, 2.75) is 32.1 Å². The quantitative estimate of drug-likeness (QED) is 0.460. The van der Waals surface area contributed by atoms with Gasteiger partial charge in [0.25, 0.3) is 5.91 Å². The number of fused-ring (bicyclic) bond motifs is 1. The predicted octanol–water partition coefficient (Wildman–Crippen LogP) is 4.62. The Kier molecular flexibility index (Phi) is 5.53. The third kappa shape index (κ3) is 3.79. The molecule has 1 aliphatic rings. The Morgan fingerprint density at radius 1 is 1.00 bits per heavy atom. The van der Waals surface area contributed by atoms with Crippen molar-refractivity contribution in [1.82, 2.24) is 14.8 Å². The number of amides is 2. The summed E-state index contributed by atoms with van der Waals surface area (Å²) in [5.74, 6) is -0.469. The Morgan fingerprint density at radius 2 is 1.74 bits per heavy atom. The molecule has 0 bridgehead atoms. The van der Waals surface area contributed by atoms with Crippen LogP contribution in [0.15, 0.2) is 89.5 Å². The number of aromatic nitrogens is 1. The summed E-state index contributed by atoms with van der Waals surface area (Å²) in [6, 6.07) is 23.0. The molecule has 0 spiro atoms. The summed E-state index contributed by atoms with van der Waals surface area (Å²) in [6.45, 7) is 2.22. The van der Waals surface area contributed by atoms with E-state index in [-0.39, 0.29) is 24.9 Å². The van der Waals surface area contributed by atoms with E-state index in [1.807, 2.05) is 36.4 Å². The summed E-state index contributed by atoms with van der Waals surface area (Å²) in [5, 5.41) is 2.97. The number of benzene rings is 2. The van der Waals surface area contributed by atoms with Crippen LogP contribution < -0.4 is 5.32 Å². The number of nitrogens with one attached hydrogen (secondary N) is 1. The van der Waals surface area contributed by atoms with Gasteiger partial charge >= 0.3 is 0 Å². The number of nitrogens with zero attached hydrogens (tertiary/aromatic N) is 2. The molecular formula is C27H24FN3O3.